The SMILES string of the molecule is CCC(CC)Nc1cnc2c(c1)c(NC(=O)C1CCCO1)c(C(=O)OC)n2Cc1ccccc1. The van der Waals surface area contributed by atoms with Crippen LogP contribution < -0.4 is 10.6 Å². The number of esters is 1. The van der Waals surface area contributed by atoms with Crippen LogP contribution in [0.4, 0.5) is 11.4 Å². The first-order valence-corrected chi connectivity index (χ1v) is 11.9. The molecule has 1 aliphatic rings. The summed E-state index contributed by atoms with van der Waals surface area (Å²) in [6, 6.07) is 12.1. The molecule has 0 spiro atoms. The zero-order chi connectivity index (χ0) is 24.1. The molecule has 1 amide bonds. The number of nitrogens with one attached hydrogen (secondary N) is 2. The van der Waals surface area contributed by atoms with Crippen molar-refractivity contribution in [3.8, 4) is 0 Å². The molecule has 1 saturated heterocycles. The van der Waals surface area contributed by atoms with Crippen LogP contribution >= 0.6 is 0 Å². The number of hydrogen-bond acceptors (Lipinski definition) is 6. The molecular weight excluding hydrogens is 432 g/mol. The third-order valence-corrected chi connectivity index (χ3v) is 6.29. The van der Waals surface area contributed by atoms with Crippen LogP contribution in [0.25, 0.3) is 11.0 Å². The first-order chi connectivity index (χ1) is 16.5. The highest BCUT2D eigenvalue weighted by atomic mass is 16.5. The standard InChI is InChI=1S/C26H32N4O4/c1-4-18(5-2)28-19-14-20-22(29-25(31)21-12-9-13-34-21)23(26(32)33-3)30(24(20)27-15-19)16-17-10-7-6-8-11-17/h6-8,10-11,14-15,18,21,28H,4-5,9,12-13,16H2,1-3H3,(H,29,31). The fourth-order valence-electron chi connectivity index (χ4n) is 4.38. The van der Waals surface area contributed by atoms with Crippen LogP contribution in [-0.4, -0.2) is 47.3 Å². The molecule has 1 atom stereocenters. The Morgan fingerprint density at radius 2 is 2.00 bits per heavy atom. The molecule has 8 nitrogen and oxygen atoms in total. The number of aromatic nitrogens is 2. The number of rotatable bonds is 9. The molecule has 4 rings (SSSR count). The maximum atomic E-state index is 13.0. The number of fused-ring (bicyclic) bond motifs is 1. The molecule has 2 aromatic heterocycles. The van der Waals surface area contributed by atoms with Gasteiger partial charge in [-0.3, -0.25) is 4.79 Å². The number of carbonyl (C=O) groups is 2. The van der Waals surface area contributed by atoms with Crippen LogP contribution in [0.15, 0.2) is 42.6 Å². The van der Waals surface area contributed by atoms with Crippen molar-refractivity contribution in [2.24, 2.45) is 0 Å². The molecule has 3 aromatic rings. The van der Waals surface area contributed by atoms with E-state index in [-0.39, 0.29) is 11.6 Å². The van der Waals surface area contributed by atoms with E-state index in [2.05, 4.69) is 24.5 Å². The van der Waals surface area contributed by atoms with E-state index < -0.39 is 12.1 Å². The van der Waals surface area contributed by atoms with Crippen molar-refractivity contribution >= 4 is 34.3 Å². The normalized spacial score (nSPS) is 15.6. The number of amides is 1. The Balaban J connectivity index is 1.85. The van der Waals surface area contributed by atoms with Gasteiger partial charge in [-0.25, -0.2) is 9.78 Å². The second kappa shape index (κ2) is 10.7. The molecule has 1 fully saturated rings. The van der Waals surface area contributed by atoms with Crippen molar-refractivity contribution in [3.63, 3.8) is 0 Å². The summed E-state index contributed by atoms with van der Waals surface area (Å²) in [5, 5.41) is 7.15. The Labute approximate surface area is 199 Å². The minimum Gasteiger partial charge on any atom is -0.464 e. The Morgan fingerprint density at radius 1 is 1.24 bits per heavy atom. The average molecular weight is 465 g/mol. The van der Waals surface area contributed by atoms with Gasteiger partial charge in [-0.1, -0.05) is 44.2 Å². The third kappa shape index (κ3) is 4.92. The predicted octanol–water partition coefficient (Wildman–Crippen LogP) is 4.59. The summed E-state index contributed by atoms with van der Waals surface area (Å²) in [6.45, 7) is 5.23. The fraction of sp³-hybridized carbons (Fsp3) is 0.423. The van der Waals surface area contributed by atoms with Gasteiger partial charge in [-0.15, -0.1) is 0 Å². The quantitative estimate of drug-likeness (QED) is 0.450. The van der Waals surface area contributed by atoms with Crippen molar-refractivity contribution in [1.29, 1.82) is 0 Å². The van der Waals surface area contributed by atoms with Gasteiger partial charge in [-0.05, 0) is 37.3 Å². The summed E-state index contributed by atoms with van der Waals surface area (Å²) in [6.07, 6.45) is 4.68. The van der Waals surface area contributed by atoms with E-state index in [1.54, 1.807) is 6.20 Å². The van der Waals surface area contributed by atoms with Gasteiger partial charge in [0.1, 0.15) is 11.8 Å². The van der Waals surface area contributed by atoms with Crippen LogP contribution in [0.3, 0.4) is 0 Å². The zero-order valence-corrected chi connectivity index (χ0v) is 20.0. The monoisotopic (exact) mass is 464 g/mol. The highest BCUT2D eigenvalue weighted by molar-refractivity contribution is 6.12. The Morgan fingerprint density at radius 3 is 2.65 bits per heavy atom. The summed E-state index contributed by atoms with van der Waals surface area (Å²) in [4.78, 5) is 30.7. The van der Waals surface area contributed by atoms with Crippen LogP contribution in [0, 0.1) is 0 Å². The topological polar surface area (TPSA) is 94.5 Å². The largest absolute Gasteiger partial charge is 0.464 e. The van der Waals surface area contributed by atoms with Gasteiger partial charge < -0.3 is 24.7 Å². The number of anilines is 2. The summed E-state index contributed by atoms with van der Waals surface area (Å²) < 4.78 is 12.5. The molecule has 8 heteroatoms. The molecule has 0 aliphatic carbocycles. The first kappa shape index (κ1) is 23.8. The lowest BCUT2D eigenvalue weighted by atomic mass is 10.1. The van der Waals surface area contributed by atoms with E-state index in [1.165, 1.54) is 7.11 Å². The van der Waals surface area contributed by atoms with Gasteiger partial charge in [0.15, 0.2) is 5.69 Å². The summed E-state index contributed by atoms with van der Waals surface area (Å²) in [5.41, 5.74) is 3.10. The molecule has 0 saturated carbocycles. The van der Waals surface area contributed by atoms with E-state index in [4.69, 9.17) is 14.5 Å². The van der Waals surface area contributed by atoms with Crippen molar-refractivity contribution in [2.45, 2.75) is 58.2 Å². The van der Waals surface area contributed by atoms with Gasteiger partial charge in [0.25, 0.3) is 5.91 Å². The smallest absolute Gasteiger partial charge is 0.356 e. The Hall–Kier alpha value is -3.39. The van der Waals surface area contributed by atoms with Gasteiger partial charge in [0.05, 0.1) is 24.7 Å². The number of benzene rings is 1. The van der Waals surface area contributed by atoms with Gasteiger partial charge >= 0.3 is 5.97 Å². The molecule has 180 valence electrons. The van der Waals surface area contributed by atoms with Crippen molar-refractivity contribution in [2.75, 3.05) is 24.4 Å². The first-order valence-electron chi connectivity index (χ1n) is 11.9. The lowest BCUT2D eigenvalue weighted by Gasteiger charge is -2.16. The number of nitrogens with zero attached hydrogens (tertiary/aromatic N) is 2. The van der Waals surface area contributed by atoms with E-state index in [9.17, 15) is 9.59 Å². The molecule has 34 heavy (non-hydrogen) atoms. The van der Waals surface area contributed by atoms with E-state index in [0.717, 1.165) is 30.5 Å². The second-order valence-corrected chi connectivity index (χ2v) is 8.53. The minimum atomic E-state index is -0.536. The van der Waals surface area contributed by atoms with Crippen LogP contribution in [-0.2, 0) is 20.8 Å². The zero-order valence-electron chi connectivity index (χ0n) is 20.0. The Bertz CT molecular complexity index is 1150. The fourth-order valence-corrected chi connectivity index (χ4v) is 4.38. The van der Waals surface area contributed by atoms with E-state index >= 15 is 0 Å². The van der Waals surface area contributed by atoms with Gasteiger partial charge in [0.2, 0.25) is 0 Å². The lowest BCUT2D eigenvalue weighted by molar-refractivity contribution is -0.124. The number of pyridine rings is 1. The van der Waals surface area contributed by atoms with Gasteiger partial charge in [0, 0.05) is 24.6 Å². The maximum absolute atomic E-state index is 13.0. The number of methoxy groups -OCH3 is 1. The molecule has 2 N–H and O–H groups in total. The minimum absolute atomic E-state index is 0.264. The molecular formula is C26H32N4O4. The predicted molar refractivity (Wildman–Crippen MR) is 132 cm³/mol. The average Bonchev–Trinajstić information content (AvgIpc) is 3.50. The van der Waals surface area contributed by atoms with Crippen molar-refractivity contribution in [1.82, 2.24) is 9.55 Å². The van der Waals surface area contributed by atoms with Crippen molar-refractivity contribution < 1.29 is 19.1 Å². The number of carbonyl (C=O) groups excluding carboxylic acids is 2. The van der Waals surface area contributed by atoms with Crippen LogP contribution in [0.2, 0.25) is 0 Å². The summed E-state index contributed by atoms with van der Waals surface area (Å²) in [7, 11) is 1.34. The maximum Gasteiger partial charge on any atom is 0.356 e. The summed E-state index contributed by atoms with van der Waals surface area (Å²) >= 11 is 0. The number of hydrogen-bond donors (Lipinski definition) is 2. The van der Waals surface area contributed by atoms with Crippen LogP contribution in [0.5, 0.6) is 0 Å². The molecule has 1 unspecified atom stereocenters. The highest BCUT2D eigenvalue weighted by Crippen LogP contribution is 2.34. The van der Waals surface area contributed by atoms with E-state index in [0.29, 0.717) is 42.3 Å². The van der Waals surface area contributed by atoms with E-state index in [1.807, 2.05) is 41.0 Å². The second-order valence-electron chi connectivity index (χ2n) is 8.53. The molecule has 1 aromatic carbocycles. The number of ether oxygens (including phenoxy) is 2. The van der Waals surface area contributed by atoms with Crippen molar-refractivity contribution in [3.05, 3.63) is 53.9 Å². The third-order valence-electron chi connectivity index (χ3n) is 6.29. The summed E-state index contributed by atoms with van der Waals surface area (Å²) in [5.74, 6) is -0.800. The molecule has 0 bridgehead atoms. The van der Waals surface area contributed by atoms with Gasteiger partial charge in [-0.2, -0.15) is 0 Å². The lowest BCUT2D eigenvalue weighted by Crippen LogP contribution is -2.28. The molecule has 1 aliphatic heterocycles. The highest BCUT2D eigenvalue weighted by Gasteiger charge is 2.30. The van der Waals surface area contributed by atoms with Crippen LogP contribution in [0.1, 0.15) is 55.6 Å². The Kier molecular flexibility index (Phi) is 7.47. The molecule has 3 heterocycles. The molecule has 0 radical (unpaired) electrons.